The molecule has 2 rings (SSSR count). The second-order valence-electron chi connectivity index (χ2n) is 5.18. The molecule has 0 heterocycles. The summed E-state index contributed by atoms with van der Waals surface area (Å²) < 4.78 is 0. The van der Waals surface area contributed by atoms with E-state index < -0.39 is 0 Å². The Balaban J connectivity index is 1.92. The van der Waals surface area contributed by atoms with Crippen LogP contribution in [0, 0.1) is 0 Å². The summed E-state index contributed by atoms with van der Waals surface area (Å²) in [6.07, 6.45) is 0.968. The number of carbonyl (C=O) groups excluding carboxylic acids is 2. The van der Waals surface area contributed by atoms with Crippen LogP contribution in [-0.4, -0.2) is 18.4 Å². The Morgan fingerprint density at radius 3 is 2.17 bits per heavy atom. The van der Waals surface area contributed by atoms with Crippen molar-refractivity contribution in [3.8, 4) is 0 Å². The molecule has 23 heavy (non-hydrogen) atoms. The number of hydrogen-bond donors (Lipinski definition) is 3. The van der Waals surface area contributed by atoms with Crippen molar-refractivity contribution < 1.29 is 9.59 Å². The molecule has 0 bridgehead atoms. The molecule has 0 aromatic heterocycles. The maximum atomic E-state index is 12.0. The van der Waals surface area contributed by atoms with Crippen LogP contribution >= 0.6 is 0 Å². The number of amides is 2. The van der Waals surface area contributed by atoms with Gasteiger partial charge in [-0.2, -0.15) is 0 Å². The summed E-state index contributed by atoms with van der Waals surface area (Å²) in [4.78, 5) is 23.2. The molecule has 2 aromatic rings. The van der Waals surface area contributed by atoms with Crippen molar-refractivity contribution in [2.75, 3.05) is 22.5 Å². The van der Waals surface area contributed by atoms with Crippen LogP contribution in [0.2, 0.25) is 0 Å². The summed E-state index contributed by atoms with van der Waals surface area (Å²) in [5.41, 5.74) is 3.36. The monoisotopic (exact) mass is 311 g/mol. The summed E-state index contributed by atoms with van der Waals surface area (Å²) in [6, 6.07) is 15.0. The lowest BCUT2D eigenvalue weighted by Crippen LogP contribution is -2.22. The number of carbonyl (C=O) groups is 2. The van der Waals surface area contributed by atoms with Crippen molar-refractivity contribution in [2.24, 2.45) is 0 Å². The Labute approximate surface area is 136 Å². The Morgan fingerprint density at radius 1 is 0.913 bits per heavy atom. The van der Waals surface area contributed by atoms with Crippen LogP contribution in [0.4, 0.5) is 17.1 Å². The second kappa shape index (κ2) is 7.98. The first-order valence-corrected chi connectivity index (χ1v) is 7.57. The van der Waals surface area contributed by atoms with Gasteiger partial charge < -0.3 is 16.0 Å². The maximum absolute atomic E-state index is 12.0. The Morgan fingerprint density at radius 2 is 1.57 bits per heavy atom. The van der Waals surface area contributed by atoms with E-state index in [1.165, 1.54) is 12.5 Å². The Kier molecular flexibility index (Phi) is 5.74. The minimum Gasteiger partial charge on any atom is -0.374 e. The number of aryl methyl sites for hydroxylation is 1. The van der Waals surface area contributed by atoms with E-state index in [1.54, 1.807) is 6.07 Å². The van der Waals surface area contributed by atoms with Crippen molar-refractivity contribution >= 4 is 28.9 Å². The van der Waals surface area contributed by atoms with Crippen molar-refractivity contribution in [3.63, 3.8) is 0 Å². The van der Waals surface area contributed by atoms with E-state index in [0.29, 0.717) is 11.4 Å². The number of nitrogens with one attached hydrogen (secondary N) is 3. The Hall–Kier alpha value is -2.82. The van der Waals surface area contributed by atoms with Gasteiger partial charge in [0.2, 0.25) is 11.8 Å². The third kappa shape index (κ3) is 5.14. The van der Waals surface area contributed by atoms with E-state index in [2.05, 4.69) is 22.9 Å². The molecular formula is C18H21N3O2. The highest BCUT2D eigenvalue weighted by molar-refractivity contribution is 5.96. The van der Waals surface area contributed by atoms with E-state index >= 15 is 0 Å². The van der Waals surface area contributed by atoms with Crippen LogP contribution in [0.5, 0.6) is 0 Å². The molecule has 0 aliphatic carbocycles. The molecule has 0 aliphatic heterocycles. The zero-order valence-electron chi connectivity index (χ0n) is 13.3. The van der Waals surface area contributed by atoms with Gasteiger partial charge >= 0.3 is 0 Å². The smallest absolute Gasteiger partial charge is 0.243 e. The van der Waals surface area contributed by atoms with Gasteiger partial charge in [0.25, 0.3) is 0 Å². The third-order valence-electron chi connectivity index (χ3n) is 3.32. The quantitative estimate of drug-likeness (QED) is 0.767. The maximum Gasteiger partial charge on any atom is 0.243 e. The highest BCUT2D eigenvalue weighted by Crippen LogP contribution is 2.20. The average molecular weight is 311 g/mol. The van der Waals surface area contributed by atoms with Gasteiger partial charge in [-0.3, -0.25) is 9.59 Å². The fraction of sp³-hybridized carbons (Fsp3) is 0.222. The predicted molar refractivity (Wildman–Crippen MR) is 93.7 cm³/mol. The van der Waals surface area contributed by atoms with Gasteiger partial charge in [0, 0.05) is 12.6 Å². The lowest BCUT2D eigenvalue weighted by Gasteiger charge is -2.12. The highest BCUT2D eigenvalue weighted by atomic mass is 16.2. The minimum atomic E-state index is -0.153. The van der Waals surface area contributed by atoms with E-state index in [9.17, 15) is 9.59 Å². The fourth-order valence-corrected chi connectivity index (χ4v) is 2.14. The average Bonchev–Trinajstić information content (AvgIpc) is 2.54. The van der Waals surface area contributed by atoms with Crippen LogP contribution in [0.25, 0.3) is 0 Å². The van der Waals surface area contributed by atoms with Crippen LogP contribution in [-0.2, 0) is 16.0 Å². The van der Waals surface area contributed by atoms with Crippen molar-refractivity contribution in [3.05, 3.63) is 54.1 Å². The summed E-state index contributed by atoms with van der Waals surface area (Å²) in [6.45, 7) is 3.65. The van der Waals surface area contributed by atoms with Gasteiger partial charge in [-0.1, -0.05) is 31.2 Å². The zero-order chi connectivity index (χ0) is 16.7. The normalized spacial score (nSPS) is 10.0. The number of benzene rings is 2. The summed E-state index contributed by atoms with van der Waals surface area (Å²) in [5.74, 6) is -0.299. The predicted octanol–water partition coefficient (Wildman–Crippen LogP) is 3.26. The van der Waals surface area contributed by atoms with Gasteiger partial charge in [0.05, 0.1) is 17.9 Å². The van der Waals surface area contributed by atoms with E-state index in [0.717, 1.165) is 12.1 Å². The first kappa shape index (κ1) is 16.5. The topological polar surface area (TPSA) is 70.2 Å². The molecule has 3 N–H and O–H groups in total. The van der Waals surface area contributed by atoms with Gasteiger partial charge in [-0.25, -0.2) is 0 Å². The molecule has 0 radical (unpaired) electrons. The molecule has 2 aromatic carbocycles. The molecular weight excluding hydrogens is 290 g/mol. The summed E-state index contributed by atoms with van der Waals surface area (Å²) in [7, 11) is 0. The van der Waals surface area contributed by atoms with E-state index in [1.807, 2.05) is 42.5 Å². The molecule has 5 heteroatoms. The number of rotatable bonds is 6. The third-order valence-corrected chi connectivity index (χ3v) is 3.32. The molecule has 0 aliphatic rings. The van der Waals surface area contributed by atoms with Gasteiger partial charge in [-0.05, 0) is 36.2 Å². The van der Waals surface area contributed by atoms with E-state index in [4.69, 9.17) is 0 Å². The molecule has 120 valence electrons. The van der Waals surface area contributed by atoms with Crippen LogP contribution in [0.15, 0.2) is 48.5 Å². The first-order valence-electron chi connectivity index (χ1n) is 7.57. The molecule has 5 nitrogen and oxygen atoms in total. The molecule has 0 fully saturated rings. The van der Waals surface area contributed by atoms with Crippen LogP contribution in [0.1, 0.15) is 19.4 Å². The van der Waals surface area contributed by atoms with Crippen molar-refractivity contribution in [1.82, 2.24) is 0 Å². The zero-order valence-corrected chi connectivity index (χ0v) is 13.3. The van der Waals surface area contributed by atoms with Crippen LogP contribution in [0.3, 0.4) is 0 Å². The van der Waals surface area contributed by atoms with Gasteiger partial charge in [-0.15, -0.1) is 0 Å². The Bertz CT molecular complexity index is 681. The molecule has 0 saturated heterocycles. The molecule has 0 spiro atoms. The van der Waals surface area contributed by atoms with Crippen molar-refractivity contribution in [1.29, 1.82) is 0 Å². The summed E-state index contributed by atoms with van der Waals surface area (Å²) >= 11 is 0. The molecule has 2 amide bonds. The molecule has 0 atom stereocenters. The summed E-state index contributed by atoms with van der Waals surface area (Å²) in [5, 5.41) is 8.60. The second-order valence-corrected chi connectivity index (χ2v) is 5.18. The number of hydrogen-bond acceptors (Lipinski definition) is 3. The largest absolute Gasteiger partial charge is 0.374 e. The van der Waals surface area contributed by atoms with E-state index in [-0.39, 0.29) is 18.4 Å². The molecule has 0 saturated carbocycles. The standard InChI is InChI=1S/C18H21N3O2/c1-3-14-8-10-15(11-9-14)21-18(23)12-19-16-6-4-5-7-17(16)20-13(2)22/h4-11,19H,3,12H2,1-2H3,(H,20,22)(H,21,23). The lowest BCUT2D eigenvalue weighted by atomic mass is 10.1. The number of para-hydroxylation sites is 2. The first-order chi connectivity index (χ1) is 11.1. The molecule has 0 unspecified atom stereocenters. The minimum absolute atomic E-state index is 0.117. The van der Waals surface area contributed by atoms with Gasteiger partial charge in [0.1, 0.15) is 0 Å². The van der Waals surface area contributed by atoms with Gasteiger partial charge in [0.15, 0.2) is 0 Å². The lowest BCUT2D eigenvalue weighted by molar-refractivity contribution is -0.115. The number of anilines is 3. The van der Waals surface area contributed by atoms with Crippen LogP contribution < -0.4 is 16.0 Å². The van der Waals surface area contributed by atoms with Crippen molar-refractivity contribution in [2.45, 2.75) is 20.3 Å². The highest BCUT2D eigenvalue weighted by Gasteiger charge is 2.06. The fourth-order valence-electron chi connectivity index (χ4n) is 2.14. The SMILES string of the molecule is CCc1ccc(NC(=O)CNc2ccccc2NC(C)=O)cc1.